The van der Waals surface area contributed by atoms with Crippen LogP contribution in [0.25, 0.3) is 0 Å². The highest BCUT2D eigenvalue weighted by Crippen LogP contribution is 2.26. The zero-order valence-electron chi connectivity index (χ0n) is 11.6. The topological polar surface area (TPSA) is 45.7 Å². The largest absolute Gasteiger partial charge is 0.380 e. The van der Waals surface area contributed by atoms with Crippen molar-refractivity contribution in [2.24, 2.45) is 10.4 Å². The molecule has 4 nitrogen and oxygen atoms in total. The van der Waals surface area contributed by atoms with E-state index in [0.717, 1.165) is 32.3 Å². The van der Waals surface area contributed by atoms with Crippen molar-refractivity contribution in [3.8, 4) is 0 Å². The van der Waals surface area contributed by atoms with Crippen LogP contribution < -0.4 is 10.6 Å². The molecule has 0 spiro atoms. The van der Waals surface area contributed by atoms with Crippen LogP contribution in [0.4, 0.5) is 0 Å². The van der Waals surface area contributed by atoms with E-state index in [1.54, 1.807) is 0 Å². The van der Waals surface area contributed by atoms with E-state index in [2.05, 4.69) is 50.2 Å². The van der Waals surface area contributed by atoms with Crippen LogP contribution in [0.3, 0.4) is 0 Å². The molecule has 17 heavy (non-hydrogen) atoms. The van der Waals surface area contributed by atoms with Crippen LogP contribution in [0.5, 0.6) is 0 Å². The monoisotopic (exact) mass is 355 g/mol. The Morgan fingerprint density at radius 1 is 1.35 bits per heavy atom. The molecular formula is C12H26IN3O. The molecule has 5 heteroatoms. The Kier molecular flexibility index (Phi) is 6.76. The van der Waals surface area contributed by atoms with Crippen LogP contribution in [0, 0.1) is 5.41 Å². The summed E-state index contributed by atoms with van der Waals surface area (Å²) in [4.78, 5) is 4.61. The minimum atomic E-state index is 0. The van der Waals surface area contributed by atoms with E-state index in [-0.39, 0.29) is 34.9 Å². The third-order valence-electron chi connectivity index (χ3n) is 2.36. The van der Waals surface area contributed by atoms with Gasteiger partial charge in [-0.1, -0.05) is 6.92 Å². The summed E-state index contributed by atoms with van der Waals surface area (Å²) in [6.45, 7) is 14.0. The maximum atomic E-state index is 5.22. The number of hydrogen-bond donors (Lipinski definition) is 2. The fraction of sp³-hybridized carbons (Fsp3) is 0.917. The first kappa shape index (κ1) is 17.0. The van der Waals surface area contributed by atoms with Gasteiger partial charge in [-0.3, -0.25) is 4.99 Å². The first-order valence-corrected chi connectivity index (χ1v) is 5.99. The SMILES string of the molecule is CCNC(=NCC1(C)COC1)NC(C)(C)C.I. The number of aliphatic imine (C=N–C) groups is 1. The van der Waals surface area contributed by atoms with Gasteiger partial charge in [0.15, 0.2) is 5.96 Å². The van der Waals surface area contributed by atoms with Crippen LogP contribution in [0.15, 0.2) is 4.99 Å². The fourth-order valence-electron chi connectivity index (χ4n) is 1.47. The summed E-state index contributed by atoms with van der Waals surface area (Å²) < 4.78 is 5.22. The van der Waals surface area contributed by atoms with E-state index >= 15 is 0 Å². The molecule has 2 N–H and O–H groups in total. The molecule has 0 saturated carbocycles. The average Bonchev–Trinajstić information content (AvgIpc) is 2.09. The normalized spacial score (nSPS) is 19.0. The Balaban J connectivity index is 0.00000256. The number of rotatable bonds is 3. The number of hydrogen-bond acceptors (Lipinski definition) is 2. The lowest BCUT2D eigenvalue weighted by Crippen LogP contribution is -2.49. The fourth-order valence-corrected chi connectivity index (χ4v) is 1.47. The lowest BCUT2D eigenvalue weighted by atomic mass is 9.89. The van der Waals surface area contributed by atoms with E-state index in [4.69, 9.17) is 4.74 Å². The van der Waals surface area contributed by atoms with Crippen molar-refractivity contribution in [1.29, 1.82) is 0 Å². The van der Waals surface area contributed by atoms with Crippen molar-refractivity contribution in [3.63, 3.8) is 0 Å². The summed E-state index contributed by atoms with van der Waals surface area (Å²) in [5, 5.41) is 6.63. The Hall–Kier alpha value is -0.0400. The molecule has 0 atom stereocenters. The molecule has 0 aliphatic carbocycles. The lowest BCUT2D eigenvalue weighted by molar-refractivity contribution is -0.0945. The highest BCUT2D eigenvalue weighted by molar-refractivity contribution is 14.0. The Bertz CT molecular complexity index is 257. The second-order valence-electron chi connectivity index (χ2n) is 5.87. The second kappa shape index (κ2) is 6.78. The van der Waals surface area contributed by atoms with Gasteiger partial charge < -0.3 is 15.4 Å². The van der Waals surface area contributed by atoms with Crippen LogP contribution >= 0.6 is 24.0 Å². The van der Waals surface area contributed by atoms with Crippen LogP contribution in [-0.2, 0) is 4.74 Å². The van der Waals surface area contributed by atoms with Gasteiger partial charge in [0, 0.05) is 17.5 Å². The Morgan fingerprint density at radius 3 is 2.29 bits per heavy atom. The number of ether oxygens (including phenoxy) is 1. The molecule has 0 aromatic heterocycles. The zero-order chi connectivity index (χ0) is 12.2. The molecule has 1 fully saturated rings. The van der Waals surface area contributed by atoms with Crippen molar-refractivity contribution in [2.75, 3.05) is 26.3 Å². The van der Waals surface area contributed by atoms with E-state index in [0.29, 0.717) is 0 Å². The smallest absolute Gasteiger partial charge is 0.191 e. The molecule has 0 bridgehead atoms. The molecule has 0 aromatic rings. The van der Waals surface area contributed by atoms with Gasteiger partial charge in [0.25, 0.3) is 0 Å². The highest BCUT2D eigenvalue weighted by atomic mass is 127. The number of nitrogens with one attached hydrogen (secondary N) is 2. The van der Waals surface area contributed by atoms with Gasteiger partial charge >= 0.3 is 0 Å². The molecule has 1 aliphatic rings. The number of nitrogens with zero attached hydrogens (tertiary/aromatic N) is 1. The third-order valence-corrected chi connectivity index (χ3v) is 2.36. The van der Waals surface area contributed by atoms with Crippen molar-refractivity contribution in [3.05, 3.63) is 0 Å². The summed E-state index contributed by atoms with van der Waals surface area (Å²) in [5.74, 6) is 0.892. The van der Waals surface area contributed by atoms with E-state index < -0.39 is 0 Å². The lowest BCUT2D eigenvalue weighted by Gasteiger charge is -2.37. The van der Waals surface area contributed by atoms with Crippen LogP contribution in [-0.4, -0.2) is 37.8 Å². The number of halogens is 1. The maximum Gasteiger partial charge on any atom is 0.191 e. The molecule has 1 saturated heterocycles. The van der Waals surface area contributed by atoms with E-state index in [9.17, 15) is 0 Å². The van der Waals surface area contributed by atoms with Gasteiger partial charge in [-0.05, 0) is 27.7 Å². The first-order chi connectivity index (χ1) is 7.35. The summed E-state index contributed by atoms with van der Waals surface area (Å²) in [6, 6.07) is 0. The van der Waals surface area contributed by atoms with Crippen LogP contribution in [0.1, 0.15) is 34.6 Å². The molecule has 0 radical (unpaired) electrons. The van der Waals surface area contributed by atoms with E-state index in [1.165, 1.54) is 0 Å². The number of guanidine groups is 1. The molecule has 102 valence electrons. The molecule has 0 aromatic carbocycles. The third kappa shape index (κ3) is 6.45. The van der Waals surface area contributed by atoms with Gasteiger partial charge in [0.2, 0.25) is 0 Å². The predicted molar refractivity (Wildman–Crippen MR) is 83.2 cm³/mol. The zero-order valence-corrected chi connectivity index (χ0v) is 13.9. The first-order valence-electron chi connectivity index (χ1n) is 5.99. The van der Waals surface area contributed by atoms with Gasteiger partial charge in [-0.25, -0.2) is 0 Å². The highest BCUT2D eigenvalue weighted by Gasteiger charge is 2.33. The molecule has 0 amide bonds. The molecule has 1 aliphatic heterocycles. The minimum absolute atomic E-state index is 0. The minimum Gasteiger partial charge on any atom is -0.380 e. The summed E-state index contributed by atoms with van der Waals surface area (Å²) in [5.41, 5.74) is 0.276. The standard InChI is InChI=1S/C12H25N3O.HI/c1-6-13-10(15-11(2,3)4)14-7-12(5)8-16-9-12;/h6-9H2,1-5H3,(H2,13,14,15);1H. The van der Waals surface area contributed by atoms with Crippen molar-refractivity contribution in [2.45, 2.75) is 40.2 Å². The van der Waals surface area contributed by atoms with Crippen molar-refractivity contribution < 1.29 is 4.74 Å². The molecule has 0 unspecified atom stereocenters. The van der Waals surface area contributed by atoms with Gasteiger partial charge in [-0.15, -0.1) is 24.0 Å². The van der Waals surface area contributed by atoms with Gasteiger partial charge in [0.1, 0.15) is 0 Å². The quantitative estimate of drug-likeness (QED) is 0.462. The molecule has 1 rings (SSSR count). The Labute approximate surface area is 122 Å². The average molecular weight is 355 g/mol. The second-order valence-corrected chi connectivity index (χ2v) is 5.87. The van der Waals surface area contributed by atoms with Gasteiger partial charge in [-0.2, -0.15) is 0 Å². The van der Waals surface area contributed by atoms with Crippen molar-refractivity contribution >= 4 is 29.9 Å². The summed E-state index contributed by atoms with van der Waals surface area (Å²) >= 11 is 0. The summed E-state index contributed by atoms with van der Waals surface area (Å²) in [7, 11) is 0. The van der Waals surface area contributed by atoms with Crippen LogP contribution in [0.2, 0.25) is 0 Å². The molecule has 1 heterocycles. The maximum absolute atomic E-state index is 5.22. The van der Waals surface area contributed by atoms with Gasteiger partial charge in [0.05, 0.1) is 19.8 Å². The van der Waals surface area contributed by atoms with Crippen molar-refractivity contribution in [1.82, 2.24) is 10.6 Å². The molecular weight excluding hydrogens is 329 g/mol. The Morgan fingerprint density at radius 2 is 1.94 bits per heavy atom. The summed E-state index contributed by atoms with van der Waals surface area (Å²) in [6.07, 6.45) is 0. The van der Waals surface area contributed by atoms with E-state index in [1.807, 2.05) is 0 Å². The predicted octanol–water partition coefficient (Wildman–Crippen LogP) is 1.99.